The van der Waals surface area contributed by atoms with Crippen LogP contribution < -0.4 is 5.32 Å². The number of carbonyl (C=O) groups is 1. The summed E-state index contributed by atoms with van der Waals surface area (Å²) < 4.78 is 0. The Morgan fingerprint density at radius 1 is 1.38 bits per heavy atom. The SMILES string of the molecule is Cc1nc(-c2ncccn2)sc1C(=O)NCCN1CCCC[C@@H]1C. The summed E-state index contributed by atoms with van der Waals surface area (Å²) in [5.74, 6) is 0.503. The zero-order valence-corrected chi connectivity index (χ0v) is 15.0. The van der Waals surface area contributed by atoms with Gasteiger partial charge in [-0.1, -0.05) is 6.42 Å². The van der Waals surface area contributed by atoms with Crippen LogP contribution in [0.2, 0.25) is 0 Å². The van der Waals surface area contributed by atoms with E-state index in [-0.39, 0.29) is 5.91 Å². The van der Waals surface area contributed by atoms with E-state index in [1.54, 1.807) is 18.5 Å². The van der Waals surface area contributed by atoms with Crippen LogP contribution in [0, 0.1) is 6.92 Å². The molecule has 128 valence electrons. The Labute approximate surface area is 146 Å². The van der Waals surface area contributed by atoms with E-state index in [2.05, 4.69) is 32.1 Å². The summed E-state index contributed by atoms with van der Waals surface area (Å²) in [5.41, 5.74) is 0.728. The molecule has 1 amide bonds. The smallest absolute Gasteiger partial charge is 0.263 e. The number of amides is 1. The number of aromatic nitrogens is 3. The first-order valence-corrected chi connectivity index (χ1v) is 9.24. The zero-order valence-electron chi connectivity index (χ0n) is 14.2. The van der Waals surface area contributed by atoms with Crippen LogP contribution in [0.5, 0.6) is 0 Å². The monoisotopic (exact) mass is 345 g/mol. The normalized spacial score (nSPS) is 18.5. The molecule has 0 spiro atoms. The molecule has 0 aromatic carbocycles. The summed E-state index contributed by atoms with van der Waals surface area (Å²) in [5, 5.41) is 3.70. The largest absolute Gasteiger partial charge is 0.350 e. The number of nitrogens with one attached hydrogen (secondary N) is 1. The summed E-state index contributed by atoms with van der Waals surface area (Å²) in [6.07, 6.45) is 7.18. The molecule has 0 bridgehead atoms. The van der Waals surface area contributed by atoms with Crippen molar-refractivity contribution in [1.82, 2.24) is 25.2 Å². The maximum absolute atomic E-state index is 12.4. The molecule has 3 heterocycles. The van der Waals surface area contributed by atoms with Gasteiger partial charge >= 0.3 is 0 Å². The Balaban J connectivity index is 1.58. The van der Waals surface area contributed by atoms with E-state index in [1.165, 1.54) is 30.6 Å². The van der Waals surface area contributed by atoms with Crippen molar-refractivity contribution in [2.24, 2.45) is 0 Å². The standard InChI is InChI=1S/C17H23N5OS/c1-12-6-3-4-10-22(12)11-9-20-16(23)14-13(2)21-17(24-14)15-18-7-5-8-19-15/h5,7-8,12H,3-4,6,9-11H2,1-2H3,(H,20,23)/t12-/m0/s1. The van der Waals surface area contributed by atoms with Gasteiger partial charge in [-0.2, -0.15) is 0 Å². The highest BCUT2D eigenvalue weighted by Gasteiger charge is 2.19. The van der Waals surface area contributed by atoms with Gasteiger partial charge in [-0.25, -0.2) is 15.0 Å². The van der Waals surface area contributed by atoms with Crippen LogP contribution in [0.15, 0.2) is 18.5 Å². The molecule has 0 aliphatic carbocycles. The molecule has 7 heteroatoms. The summed E-state index contributed by atoms with van der Waals surface area (Å²) in [4.78, 5) is 28.3. The zero-order chi connectivity index (χ0) is 16.9. The van der Waals surface area contributed by atoms with Crippen LogP contribution in [0.4, 0.5) is 0 Å². The average molecular weight is 345 g/mol. The van der Waals surface area contributed by atoms with Gasteiger partial charge in [0.2, 0.25) is 0 Å². The van der Waals surface area contributed by atoms with E-state index in [1.807, 2.05) is 6.92 Å². The number of hydrogen-bond acceptors (Lipinski definition) is 6. The summed E-state index contributed by atoms with van der Waals surface area (Å²) in [6, 6.07) is 2.38. The van der Waals surface area contributed by atoms with Gasteiger partial charge in [-0.3, -0.25) is 9.69 Å². The molecule has 2 aromatic rings. The van der Waals surface area contributed by atoms with E-state index >= 15 is 0 Å². The van der Waals surface area contributed by atoms with E-state index in [0.29, 0.717) is 28.3 Å². The van der Waals surface area contributed by atoms with E-state index in [9.17, 15) is 4.79 Å². The maximum atomic E-state index is 12.4. The number of hydrogen-bond donors (Lipinski definition) is 1. The predicted molar refractivity (Wildman–Crippen MR) is 95.1 cm³/mol. The van der Waals surface area contributed by atoms with Gasteiger partial charge in [0, 0.05) is 31.5 Å². The fourth-order valence-corrected chi connectivity index (χ4v) is 3.93. The van der Waals surface area contributed by atoms with Gasteiger partial charge in [-0.15, -0.1) is 11.3 Å². The minimum atomic E-state index is -0.0585. The minimum absolute atomic E-state index is 0.0585. The number of rotatable bonds is 5. The predicted octanol–water partition coefficient (Wildman–Crippen LogP) is 2.51. The highest BCUT2D eigenvalue weighted by atomic mass is 32.1. The van der Waals surface area contributed by atoms with E-state index in [0.717, 1.165) is 18.8 Å². The van der Waals surface area contributed by atoms with Crippen molar-refractivity contribution in [3.05, 3.63) is 29.0 Å². The van der Waals surface area contributed by atoms with Gasteiger partial charge in [-0.05, 0) is 39.3 Å². The lowest BCUT2D eigenvalue weighted by molar-refractivity contribution is 0.0941. The Morgan fingerprint density at radius 2 is 2.17 bits per heavy atom. The van der Waals surface area contributed by atoms with Gasteiger partial charge in [0.05, 0.1) is 5.69 Å². The van der Waals surface area contributed by atoms with Crippen LogP contribution in [-0.4, -0.2) is 51.4 Å². The number of aryl methyl sites for hydroxylation is 1. The maximum Gasteiger partial charge on any atom is 0.263 e. The second-order valence-electron chi connectivity index (χ2n) is 6.14. The average Bonchev–Trinajstić information content (AvgIpc) is 2.99. The first-order valence-electron chi connectivity index (χ1n) is 8.42. The number of thiazole rings is 1. The molecular formula is C17H23N5OS. The second-order valence-corrected chi connectivity index (χ2v) is 7.14. The number of nitrogens with zero attached hydrogens (tertiary/aromatic N) is 4. The Hall–Kier alpha value is -1.86. The fourth-order valence-electron chi connectivity index (χ4n) is 3.00. The molecule has 0 radical (unpaired) electrons. The molecule has 24 heavy (non-hydrogen) atoms. The second kappa shape index (κ2) is 7.81. The Morgan fingerprint density at radius 3 is 2.92 bits per heavy atom. The first-order chi connectivity index (χ1) is 11.6. The summed E-state index contributed by atoms with van der Waals surface area (Å²) in [6.45, 7) is 6.81. The molecular weight excluding hydrogens is 322 g/mol. The van der Waals surface area contributed by atoms with Crippen LogP contribution in [0.1, 0.15) is 41.6 Å². The molecule has 6 nitrogen and oxygen atoms in total. The number of piperidine rings is 1. The fraction of sp³-hybridized carbons (Fsp3) is 0.529. The van der Waals surface area contributed by atoms with Gasteiger partial charge in [0.15, 0.2) is 10.8 Å². The van der Waals surface area contributed by atoms with E-state index < -0.39 is 0 Å². The molecule has 3 rings (SSSR count). The van der Waals surface area contributed by atoms with Crippen molar-refractivity contribution < 1.29 is 4.79 Å². The van der Waals surface area contributed by atoms with Gasteiger partial charge in [0.1, 0.15) is 4.88 Å². The lowest BCUT2D eigenvalue weighted by atomic mass is 10.0. The molecule has 1 fully saturated rings. The van der Waals surface area contributed by atoms with Crippen LogP contribution >= 0.6 is 11.3 Å². The molecule has 1 atom stereocenters. The molecule has 1 saturated heterocycles. The van der Waals surface area contributed by atoms with Crippen molar-refractivity contribution in [3.8, 4) is 10.8 Å². The Kier molecular flexibility index (Phi) is 5.52. The van der Waals surface area contributed by atoms with Crippen LogP contribution in [-0.2, 0) is 0 Å². The van der Waals surface area contributed by atoms with Crippen LogP contribution in [0.3, 0.4) is 0 Å². The third-order valence-electron chi connectivity index (χ3n) is 4.39. The Bertz CT molecular complexity index is 688. The van der Waals surface area contributed by atoms with Crippen molar-refractivity contribution in [1.29, 1.82) is 0 Å². The summed E-state index contributed by atoms with van der Waals surface area (Å²) in [7, 11) is 0. The molecule has 1 aliphatic heterocycles. The number of likely N-dealkylation sites (tertiary alicyclic amines) is 1. The quantitative estimate of drug-likeness (QED) is 0.901. The van der Waals surface area contributed by atoms with Gasteiger partial charge in [0.25, 0.3) is 5.91 Å². The highest BCUT2D eigenvalue weighted by Crippen LogP contribution is 2.25. The van der Waals surface area contributed by atoms with Crippen molar-refractivity contribution in [2.75, 3.05) is 19.6 Å². The number of carbonyl (C=O) groups excluding carboxylic acids is 1. The van der Waals surface area contributed by atoms with Crippen molar-refractivity contribution in [3.63, 3.8) is 0 Å². The summed E-state index contributed by atoms with van der Waals surface area (Å²) >= 11 is 1.35. The van der Waals surface area contributed by atoms with Crippen molar-refractivity contribution in [2.45, 2.75) is 39.2 Å². The highest BCUT2D eigenvalue weighted by molar-refractivity contribution is 7.17. The third kappa shape index (κ3) is 3.96. The molecule has 1 N–H and O–H groups in total. The lowest BCUT2D eigenvalue weighted by Crippen LogP contribution is -2.42. The van der Waals surface area contributed by atoms with Crippen molar-refractivity contribution >= 4 is 17.2 Å². The van der Waals surface area contributed by atoms with Gasteiger partial charge < -0.3 is 5.32 Å². The minimum Gasteiger partial charge on any atom is -0.350 e. The first kappa shape index (κ1) is 17.0. The third-order valence-corrected chi connectivity index (χ3v) is 5.54. The molecule has 1 aliphatic rings. The topological polar surface area (TPSA) is 71.0 Å². The molecule has 0 saturated carbocycles. The van der Waals surface area contributed by atoms with E-state index in [4.69, 9.17) is 0 Å². The molecule has 2 aromatic heterocycles. The molecule has 0 unspecified atom stereocenters. The van der Waals surface area contributed by atoms with Crippen LogP contribution in [0.25, 0.3) is 10.8 Å². The lowest BCUT2D eigenvalue weighted by Gasteiger charge is -2.33.